The molecule has 1 unspecified atom stereocenters. The predicted octanol–water partition coefficient (Wildman–Crippen LogP) is 5.18. The van der Waals surface area contributed by atoms with Gasteiger partial charge in [-0.05, 0) is 30.7 Å². The summed E-state index contributed by atoms with van der Waals surface area (Å²) >= 11 is 7.72. The van der Waals surface area contributed by atoms with Crippen LogP contribution in [-0.2, 0) is 5.41 Å². The number of nitrogens with one attached hydrogen (secondary N) is 1. The van der Waals surface area contributed by atoms with Gasteiger partial charge in [0.1, 0.15) is 5.01 Å². The van der Waals surface area contributed by atoms with Gasteiger partial charge in [-0.15, -0.1) is 11.3 Å². The Balaban J connectivity index is 2.31. The van der Waals surface area contributed by atoms with Crippen molar-refractivity contribution in [1.82, 2.24) is 10.3 Å². The highest BCUT2D eigenvalue weighted by Gasteiger charge is 2.22. The maximum atomic E-state index is 6.00. The van der Waals surface area contributed by atoms with Crippen LogP contribution in [0.1, 0.15) is 56.4 Å². The molecule has 0 bridgehead atoms. The molecule has 0 saturated heterocycles. The van der Waals surface area contributed by atoms with E-state index in [1.807, 2.05) is 12.1 Å². The van der Waals surface area contributed by atoms with Gasteiger partial charge < -0.3 is 5.32 Å². The van der Waals surface area contributed by atoms with Gasteiger partial charge in [-0.2, -0.15) is 0 Å². The summed E-state index contributed by atoms with van der Waals surface area (Å²) in [6.45, 7) is 9.74. The van der Waals surface area contributed by atoms with Crippen LogP contribution in [-0.4, -0.2) is 11.5 Å². The minimum absolute atomic E-state index is 0.0874. The molecule has 2 nitrogen and oxygen atoms in total. The standard InChI is InChI=1S/C17H23ClN2S/c1-5-10-19-15(12-6-8-13(18)9-7-12)16-20-14(11-21-16)17(2,3)4/h6-9,11,15,19H,5,10H2,1-4H3. The van der Waals surface area contributed by atoms with Crippen LogP contribution in [0.4, 0.5) is 0 Å². The lowest BCUT2D eigenvalue weighted by atomic mass is 9.93. The molecule has 0 aliphatic rings. The molecule has 0 saturated carbocycles. The smallest absolute Gasteiger partial charge is 0.114 e. The quantitative estimate of drug-likeness (QED) is 0.820. The second-order valence-electron chi connectivity index (χ2n) is 6.26. The molecule has 4 heteroatoms. The average molecular weight is 323 g/mol. The molecule has 1 atom stereocenters. The minimum Gasteiger partial charge on any atom is -0.304 e. The summed E-state index contributed by atoms with van der Waals surface area (Å²) in [6, 6.07) is 8.18. The van der Waals surface area contributed by atoms with E-state index in [0.29, 0.717) is 0 Å². The summed E-state index contributed by atoms with van der Waals surface area (Å²) in [5.41, 5.74) is 2.45. The highest BCUT2D eigenvalue weighted by molar-refractivity contribution is 7.09. The lowest BCUT2D eigenvalue weighted by Gasteiger charge is -2.18. The van der Waals surface area contributed by atoms with Crippen molar-refractivity contribution in [2.45, 2.75) is 45.6 Å². The predicted molar refractivity (Wildman–Crippen MR) is 92.4 cm³/mol. The van der Waals surface area contributed by atoms with Crippen molar-refractivity contribution in [3.8, 4) is 0 Å². The van der Waals surface area contributed by atoms with Gasteiger partial charge in [0.2, 0.25) is 0 Å². The fourth-order valence-electron chi connectivity index (χ4n) is 2.06. The van der Waals surface area contributed by atoms with Gasteiger partial charge in [0.15, 0.2) is 0 Å². The molecule has 0 amide bonds. The van der Waals surface area contributed by atoms with Gasteiger partial charge in [-0.1, -0.05) is 51.4 Å². The van der Waals surface area contributed by atoms with Crippen molar-refractivity contribution in [3.63, 3.8) is 0 Å². The van der Waals surface area contributed by atoms with Crippen LogP contribution in [0.25, 0.3) is 0 Å². The lowest BCUT2D eigenvalue weighted by Crippen LogP contribution is -2.23. The molecule has 1 aromatic heterocycles. The largest absolute Gasteiger partial charge is 0.304 e. The summed E-state index contributed by atoms with van der Waals surface area (Å²) in [5, 5.41) is 7.65. The minimum atomic E-state index is 0.0874. The fourth-order valence-corrected chi connectivity index (χ4v) is 3.33. The number of hydrogen-bond acceptors (Lipinski definition) is 3. The Morgan fingerprint density at radius 1 is 1.24 bits per heavy atom. The normalized spacial score (nSPS) is 13.4. The first-order valence-corrected chi connectivity index (χ1v) is 8.62. The molecule has 0 aliphatic heterocycles. The summed E-state index contributed by atoms with van der Waals surface area (Å²) in [6.07, 6.45) is 1.10. The maximum absolute atomic E-state index is 6.00. The van der Waals surface area contributed by atoms with Crippen LogP contribution in [0.3, 0.4) is 0 Å². The van der Waals surface area contributed by atoms with Crippen LogP contribution in [0.15, 0.2) is 29.6 Å². The molecule has 0 aliphatic carbocycles. The molecular formula is C17H23ClN2S. The first-order valence-electron chi connectivity index (χ1n) is 7.36. The van der Waals surface area contributed by atoms with Gasteiger partial charge in [0, 0.05) is 15.8 Å². The van der Waals surface area contributed by atoms with Gasteiger partial charge >= 0.3 is 0 Å². The van der Waals surface area contributed by atoms with E-state index >= 15 is 0 Å². The van der Waals surface area contributed by atoms with E-state index in [-0.39, 0.29) is 11.5 Å². The molecule has 21 heavy (non-hydrogen) atoms. The van der Waals surface area contributed by atoms with Crippen molar-refractivity contribution in [2.75, 3.05) is 6.54 Å². The number of aromatic nitrogens is 1. The van der Waals surface area contributed by atoms with E-state index in [4.69, 9.17) is 16.6 Å². The maximum Gasteiger partial charge on any atom is 0.114 e. The molecule has 0 fully saturated rings. The van der Waals surface area contributed by atoms with Crippen molar-refractivity contribution < 1.29 is 0 Å². The summed E-state index contributed by atoms with van der Waals surface area (Å²) in [4.78, 5) is 4.86. The number of nitrogens with zero attached hydrogens (tertiary/aromatic N) is 1. The fraction of sp³-hybridized carbons (Fsp3) is 0.471. The average Bonchev–Trinajstić information content (AvgIpc) is 2.91. The molecule has 1 heterocycles. The lowest BCUT2D eigenvalue weighted by molar-refractivity contribution is 0.557. The Labute approximate surface area is 136 Å². The van der Waals surface area contributed by atoms with Crippen LogP contribution in [0.5, 0.6) is 0 Å². The molecule has 0 spiro atoms. The molecule has 1 N–H and O–H groups in total. The first kappa shape index (κ1) is 16.5. The monoisotopic (exact) mass is 322 g/mol. The van der Waals surface area contributed by atoms with E-state index in [2.05, 4.69) is 50.5 Å². The van der Waals surface area contributed by atoms with Gasteiger partial charge in [-0.3, -0.25) is 0 Å². The number of thiazole rings is 1. The van der Waals surface area contributed by atoms with Crippen LogP contribution in [0, 0.1) is 0 Å². The van der Waals surface area contributed by atoms with Crippen molar-refractivity contribution in [2.24, 2.45) is 0 Å². The number of benzene rings is 1. The molecular weight excluding hydrogens is 300 g/mol. The number of hydrogen-bond donors (Lipinski definition) is 1. The van der Waals surface area contributed by atoms with Crippen LogP contribution >= 0.6 is 22.9 Å². The second-order valence-corrected chi connectivity index (χ2v) is 7.59. The first-order chi connectivity index (χ1) is 9.91. The van der Waals surface area contributed by atoms with Gasteiger partial charge in [-0.25, -0.2) is 4.98 Å². The highest BCUT2D eigenvalue weighted by Crippen LogP contribution is 2.30. The Kier molecular flexibility index (Phi) is 5.42. The van der Waals surface area contributed by atoms with E-state index in [0.717, 1.165) is 28.7 Å². The number of rotatable bonds is 5. The zero-order valence-electron chi connectivity index (χ0n) is 13.1. The van der Waals surface area contributed by atoms with E-state index in [1.165, 1.54) is 5.56 Å². The molecule has 0 radical (unpaired) electrons. The summed E-state index contributed by atoms with van der Waals surface area (Å²) < 4.78 is 0. The third kappa shape index (κ3) is 4.29. The zero-order valence-corrected chi connectivity index (χ0v) is 14.7. The summed E-state index contributed by atoms with van der Waals surface area (Å²) in [5.74, 6) is 0. The molecule has 2 aromatic rings. The van der Waals surface area contributed by atoms with E-state index in [1.54, 1.807) is 11.3 Å². The van der Waals surface area contributed by atoms with E-state index < -0.39 is 0 Å². The Morgan fingerprint density at radius 3 is 2.43 bits per heavy atom. The van der Waals surface area contributed by atoms with Crippen molar-refractivity contribution >= 4 is 22.9 Å². The van der Waals surface area contributed by atoms with Crippen molar-refractivity contribution in [1.29, 1.82) is 0 Å². The van der Waals surface area contributed by atoms with Gasteiger partial charge in [0.25, 0.3) is 0 Å². The SMILES string of the molecule is CCCNC(c1ccc(Cl)cc1)c1nc(C(C)(C)C)cs1. The zero-order chi connectivity index (χ0) is 15.5. The Bertz CT molecular complexity index is 569. The topological polar surface area (TPSA) is 24.9 Å². The van der Waals surface area contributed by atoms with E-state index in [9.17, 15) is 0 Å². The third-order valence-corrected chi connectivity index (χ3v) is 4.50. The van der Waals surface area contributed by atoms with Crippen LogP contribution in [0.2, 0.25) is 5.02 Å². The third-order valence-electron chi connectivity index (χ3n) is 3.34. The molecule has 2 rings (SSSR count). The summed E-state index contributed by atoms with van der Waals surface area (Å²) in [7, 11) is 0. The highest BCUT2D eigenvalue weighted by atomic mass is 35.5. The molecule has 1 aromatic carbocycles. The second kappa shape index (κ2) is 6.91. The van der Waals surface area contributed by atoms with Gasteiger partial charge in [0.05, 0.1) is 11.7 Å². The van der Waals surface area contributed by atoms with Crippen molar-refractivity contribution in [3.05, 3.63) is 50.9 Å². The number of halogens is 1. The Morgan fingerprint density at radius 2 is 1.90 bits per heavy atom. The molecule has 114 valence electrons. The Hall–Kier alpha value is -0.900. The van der Waals surface area contributed by atoms with Crippen LogP contribution < -0.4 is 5.32 Å².